The van der Waals surface area contributed by atoms with Crippen LogP contribution in [-0.2, 0) is 6.42 Å². The molecule has 1 saturated heterocycles. The van der Waals surface area contributed by atoms with Crippen molar-refractivity contribution in [2.24, 2.45) is 5.92 Å². The predicted molar refractivity (Wildman–Crippen MR) is 90.8 cm³/mol. The van der Waals surface area contributed by atoms with Crippen molar-refractivity contribution in [3.8, 4) is 5.75 Å². The van der Waals surface area contributed by atoms with Gasteiger partial charge in [0.05, 0.1) is 13.2 Å². The van der Waals surface area contributed by atoms with Crippen LogP contribution in [0.2, 0.25) is 0 Å². The first-order chi connectivity index (χ1) is 11.0. The number of likely N-dealkylation sites (tertiary alicyclic amines) is 1. The van der Waals surface area contributed by atoms with Crippen LogP contribution in [0.5, 0.6) is 5.75 Å². The Labute approximate surface area is 138 Å². The number of nitrogens with zero attached hydrogens (tertiary/aromatic N) is 1. The SMILES string of the molecule is COc1ccc(C)cc1CCNC(=O)N1CCC(C(C)O)CC1. The molecule has 0 spiro atoms. The van der Waals surface area contributed by atoms with Crippen molar-refractivity contribution >= 4 is 6.03 Å². The number of carbonyl (C=O) groups excluding carboxylic acids is 1. The number of hydrogen-bond acceptors (Lipinski definition) is 3. The van der Waals surface area contributed by atoms with Crippen LogP contribution < -0.4 is 10.1 Å². The summed E-state index contributed by atoms with van der Waals surface area (Å²) in [5.41, 5.74) is 2.30. The zero-order valence-corrected chi connectivity index (χ0v) is 14.3. The van der Waals surface area contributed by atoms with Gasteiger partial charge in [0, 0.05) is 19.6 Å². The van der Waals surface area contributed by atoms with Crippen molar-refractivity contribution in [1.29, 1.82) is 0 Å². The van der Waals surface area contributed by atoms with E-state index in [1.807, 2.05) is 30.9 Å². The molecule has 5 heteroatoms. The first-order valence-electron chi connectivity index (χ1n) is 8.35. The summed E-state index contributed by atoms with van der Waals surface area (Å²) in [5.74, 6) is 1.18. The van der Waals surface area contributed by atoms with Crippen LogP contribution in [0.3, 0.4) is 0 Å². The fourth-order valence-electron chi connectivity index (χ4n) is 3.10. The molecular weight excluding hydrogens is 292 g/mol. The molecule has 1 atom stereocenters. The Morgan fingerprint density at radius 1 is 1.43 bits per heavy atom. The minimum atomic E-state index is -0.283. The third-order valence-corrected chi connectivity index (χ3v) is 4.62. The fraction of sp³-hybridized carbons (Fsp3) is 0.611. The first kappa shape index (κ1) is 17.6. The van der Waals surface area contributed by atoms with Crippen LogP contribution in [0.4, 0.5) is 4.79 Å². The minimum absolute atomic E-state index is 0.0133. The fourth-order valence-corrected chi connectivity index (χ4v) is 3.10. The molecule has 1 aromatic carbocycles. The van der Waals surface area contributed by atoms with Gasteiger partial charge in [0.2, 0.25) is 0 Å². The number of ether oxygens (including phenoxy) is 1. The molecule has 5 nitrogen and oxygen atoms in total. The molecule has 1 aromatic rings. The third-order valence-electron chi connectivity index (χ3n) is 4.62. The van der Waals surface area contributed by atoms with Gasteiger partial charge in [-0.05, 0) is 50.7 Å². The minimum Gasteiger partial charge on any atom is -0.496 e. The maximum absolute atomic E-state index is 12.2. The Morgan fingerprint density at radius 3 is 2.74 bits per heavy atom. The number of piperidine rings is 1. The molecule has 2 rings (SSSR count). The van der Waals surface area contributed by atoms with Crippen molar-refractivity contribution < 1.29 is 14.6 Å². The second kappa shape index (κ2) is 8.20. The number of aliphatic hydroxyl groups excluding tert-OH is 1. The van der Waals surface area contributed by atoms with Gasteiger partial charge >= 0.3 is 6.03 Å². The van der Waals surface area contributed by atoms with Crippen molar-refractivity contribution in [2.75, 3.05) is 26.7 Å². The van der Waals surface area contributed by atoms with Crippen LogP contribution in [0.1, 0.15) is 30.9 Å². The summed E-state index contributed by atoms with van der Waals surface area (Å²) < 4.78 is 5.36. The molecule has 23 heavy (non-hydrogen) atoms. The molecule has 2 N–H and O–H groups in total. The van der Waals surface area contributed by atoms with Gasteiger partial charge < -0.3 is 20.1 Å². The van der Waals surface area contributed by atoms with Crippen LogP contribution >= 0.6 is 0 Å². The van der Waals surface area contributed by atoms with Crippen molar-refractivity contribution in [1.82, 2.24) is 10.2 Å². The standard InChI is InChI=1S/C18H28N2O3/c1-13-4-5-17(23-3)16(12-13)6-9-19-18(22)20-10-7-15(8-11-20)14(2)21/h4-5,12,14-15,21H,6-11H2,1-3H3,(H,19,22). The van der Waals surface area contributed by atoms with Crippen LogP contribution in [0.15, 0.2) is 18.2 Å². The smallest absolute Gasteiger partial charge is 0.317 e. The molecule has 0 aliphatic carbocycles. The number of benzene rings is 1. The lowest BCUT2D eigenvalue weighted by molar-refractivity contribution is 0.0799. The van der Waals surface area contributed by atoms with E-state index in [-0.39, 0.29) is 12.1 Å². The number of urea groups is 1. The monoisotopic (exact) mass is 320 g/mol. The maximum atomic E-state index is 12.2. The van der Waals surface area contributed by atoms with E-state index >= 15 is 0 Å². The van der Waals surface area contributed by atoms with Gasteiger partial charge in [0.1, 0.15) is 5.75 Å². The molecule has 2 amide bonds. The Morgan fingerprint density at radius 2 is 2.13 bits per heavy atom. The van der Waals surface area contributed by atoms with Crippen molar-refractivity contribution in [3.63, 3.8) is 0 Å². The van der Waals surface area contributed by atoms with E-state index in [0.29, 0.717) is 12.5 Å². The number of nitrogens with one attached hydrogen (secondary N) is 1. The van der Waals surface area contributed by atoms with E-state index in [1.165, 1.54) is 5.56 Å². The Bertz CT molecular complexity index is 523. The Hall–Kier alpha value is -1.75. The molecule has 0 radical (unpaired) electrons. The highest BCUT2D eigenvalue weighted by Crippen LogP contribution is 2.21. The van der Waals surface area contributed by atoms with E-state index in [4.69, 9.17) is 4.74 Å². The van der Waals surface area contributed by atoms with E-state index in [9.17, 15) is 9.90 Å². The molecule has 1 unspecified atom stereocenters. The van der Waals surface area contributed by atoms with E-state index in [0.717, 1.165) is 43.7 Å². The maximum Gasteiger partial charge on any atom is 0.317 e. The number of aliphatic hydroxyl groups is 1. The molecule has 0 saturated carbocycles. The topological polar surface area (TPSA) is 61.8 Å². The molecule has 1 fully saturated rings. The molecule has 0 aromatic heterocycles. The molecule has 1 aliphatic rings. The van der Waals surface area contributed by atoms with Crippen molar-refractivity contribution in [3.05, 3.63) is 29.3 Å². The van der Waals surface area contributed by atoms with Gasteiger partial charge in [-0.2, -0.15) is 0 Å². The molecule has 1 aliphatic heterocycles. The summed E-state index contributed by atoms with van der Waals surface area (Å²) in [6.45, 7) is 5.91. The van der Waals surface area contributed by atoms with Gasteiger partial charge in [-0.25, -0.2) is 4.79 Å². The van der Waals surface area contributed by atoms with E-state index in [2.05, 4.69) is 11.4 Å². The zero-order chi connectivity index (χ0) is 16.8. The molecule has 0 bridgehead atoms. The number of amides is 2. The molecule has 1 heterocycles. The number of carbonyl (C=O) groups is 1. The van der Waals surface area contributed by atoms with Gasteiger partial charge in [0.15, 0.2) is 0 Å². The van der Waals surface area contributed by atoms with Crippen LogP contribution in [-0.4, -0.2) is 48.9 Å². The number of methoxy groups -OCH3 is 1. The Kier molecular flexibility index (Phi) is 6.28. The predicted octanol–water partition coefficient (Wildman–Crippen LogP) is 2.35. The summed E-state index contributed by atoms with van der Waals surface area (Å²) in [6.07, 6.45) is 2.21. The zero-order valence-electron chi connectivity index (χ0n) is 14.3. The normalized spacial score (nSPS) is 17.0. The number of rotatable bonds is 5. The van der Waals surface area contributed by atoms with Gasteiger partial charge in [0.25, 0.3) is 0 Å². The highest BCUT2D eigenvalue weighted by Gasteiger charge is 2.25. The average Bonchev–Trinajstić information content (AvgIpc) is 2.55. The lowest BCUT2D eigenvalue weighted by Crippen LogP contribution is -2.46. The third kappa shape index (κ3) is 4.86. The highest BCUT2D eigenvalue weighted by molar-refractivity contribution is 5.74. The van der Waals surface area contributed by atoms with E-state index < -0.39 is 0 Å². The second-order valence-corrected chi connectivity index (χ2v) is 6.36. The quantitative estimate of drug-likeness (QED) is 0.875. The number of hydrogen-bond donors (Lipinski definition) is 2. The summed E-state index contributed by atoms with van der Waals surface area (Å²) in [7, 11) is 1.67. The highest BCUT2D eigenvalue weighted by atomic mass is 16.5. The Balaban J connectivity index is 1.78. The first-order valence-corrected chi connectivity index (χ1v) is 8.35. The second-order valence-electron chi connectivity index (χ2n) is 6.36. The summed E-state index contributed by atoms with van der Waals surface area (Å²) in [5, 5.41) is 12.6. The van der Waals surface area contributed by atoms with Gasteiger partial charge in [-0.1, -0.05) is 17.7 Å². The molecular formula is C18H28N2O3. The van der Waals surface area contributed by atoms with Crippen LogP contribution in [0.25, 0.3) is 0 Å². The summed E-state index contributed by atoms with van der Waals surface area (Å²) in [4.78, 5) is 14.0. The summed E-state index contributed by atoms with van der Waals surface area (Å²) in [6, 6.07) is 6.07. The largest absolute Gasteiger partial charge is 0.496 e. The van der Waals surface area contributed by atoms with Crippen LogP contribution in [0, 0.1) is 12.8 Å². The van der Waals surface area contributed by atoms with Gasteiger partial charge in [-0.15, -0.1) is 0 Å². The van der Waals surface area contributed by atoms with Gasteiger partial charge in [-0.3, -0.25) is 0 Å². The lowest BCUT2D eigenvalue weighted by atomic mass is 9.92. The molecule has 128 valence electrons. The van der Waals surface area contributed by atoms with Crippen molar-refractivity contribution in [2.45, 2.75) is 39.2 Å². The van der Waals surface area contributed by atoms with E-state index in [1.54, 1.807) is 7.11 Å². The summed E-state index contributed by atoms with van der Waals surface area (Å²) >= 11 is 0. The average molecular weight is 320 g/mol. The number of aryl methyl sites for hydroxylation is 1. The lowest BCUT2D eigenvalue weighted by Gasteiger charge is -2.33.